The summed E-state index contributed by atoms with van der Waals surface area (Å²) in [6, 6.07) is 13.4. The molecule has 12 nitrogen and oxygen atoms in total. The zero-order valence-electron chi connectivity index (χ0n) is 22.2. The lowest BCUT2D eigenvalue weighted by Gasteiger charge is -2.37. The minimum atomic E-state index is -2.07. The Morgan fingerprint density at radius 3 is 1.95 bits per heavy atom. The summed E-state index contributed by atoms with van der Waals surface area (Å²) in [5, 5.41) is 33.5. The third kappa shape index (κ3) is 10.0. The molecule has 1 saturated heterocycles. The Morgan fingerprint density at radius 1 is 0.925 bits per heavy atom. The quantitative estimate of drug-likeness (QED) is 0.269. The van der Waals surface area contributed by atoms with Crippen LogP contribution in [0.15, 0.2) is 36.4 Å². The van der Waals surface area contributed by atoms with E-state index in [2.05, 4.69) is 24.3 Å². The van der Waals surface area contributed by atoms with Gasteiger partial charge in [0.25, 0.3) is 0 Å². The molecule has 0 radical (unpaired) electrons. The number of fused-ring (bicyclic) bond motifs is 1. The molecular formula is C27H33ClN2O10. The Labute approximate surface area is 236 Å². The van der Waals surface area contributed by atoms with E-state index in [0.29, 0.717) is 0 Å². The fourth-order valence-corrected chi connectivity index (χ4v) is 5.01. The number of carbonyl (C=O) groups is 4. The number of likely N-dealkylation sites (tertiary alicyclic amines) is 1. The summed E-state index contributed by atoms with van der Waals surface area (Å²) in [4.78, 5) is 39.5. The number of hydrogen-bond donors (Lipinski definition) is 4. The van der Waals surface area contributed by atoms with Gasteiger partial charge in [-0.2, -0.15) is 0 Å². The highest BCUT2D eigenvalue weighted by Crippen LogP contribution is 2.31. The topological polar surface area (TPSA) is 182 Å². The summed E-state index contributed by atoms with van der Waals surface area (Å²) >= 11 is 6.03. The third-order valence-corrected chi connectivity index (χ3v) is 7.00. The summed E-state index contributed by atoms with van der Waals surface area (Å²) in [6.45, 7) is 5.92. The summed E-state index contributed by atoms with van der Waals surface area (Å²) in [6.07, 6.45) is 3.77. The molecule has 2 aromatic rings. The Morgan fingerprint density at radius 2 is 1.45 bits per heavy atom. The summed E-state index contributed by atoms with van der Waals surface area (Å²) in [5.41, 5.74) is 4.22. The van der Waals surface area contributed by atoms with Crippen molar-refractivity contribution in [3.8, 4) is 11.5 Å². The number of benzene rings is 2. The van der Waals surface area contributed by atoms with E-state index in [1.807, 2.05) is 12.1 Å². The highest BCUT2D eigenvalue weighted by Gasteiger charge is 2.34. The van der Waals surface area contributed by atoms with Gasteiger partial charge in [-0.1, -0.05) is 23.7 Å². The van der Waals surface area contributed by atoms with E-state index in [1.54, 1.807) is 24.0 Å². The fourth-order valence-electron chi connectivity index (χ4n) is 4.89. The maximum Gasteiger partial charge on any atom is 0.351 e. The number of carboxylic acid groups (broad SMARTS) is 4. The molecule has 0 saturated carbocycles. The molecule has 3 atom stereocenters. The minimum Gasteiger partial charge on any atom is -0.539 e. The summed E-state index contributed by atoms with van der Waals surface area (Å²) in [7, 11) is 3.43. The van der Waals surface area contributed by atoms with Crippen molar-refractivity contribution in [1.82, 2.24) is 0 Å². The summed E-state index contributed by atoms with van der Waals surface area (Å²) in [5.74, 6) is -6.32. The zero-order valence-corrected chi connectivity index (χ0v) is 23.0. The van der Waals surface area contributed by atoms with Crippen molar-refractivity contribution < 1.29 is 58.9 Å². The van der Waals surface area contributed by atoms with E-state index in [1.165, 1.54) is 49.2 Å². The van der Waals surface area contributed by atoms with Crippen LogP contribution in [0.25, 0.3) is 0 Å². The smallest absolute Gasteiger partial charge is 0.351 e. The lowest BCUT2D eigenvalue weighted by molar-refractivity contribution is -0.998. The maximum atomic E-state index is 9.04. The van der Waals surface area contributed by atoms with Gasteiger partial charge in [0.05, 0.1) is 27.3 Å². The first-order valence-electron chi connectivity index (χ1n) is 12.5. The number of hydrogen-bond acceptors (Lipinski definition) is 8. The molecule has 2 aliphatic heterocycles. The van der Waals surface area contributed by atoms with Crippen LogP contribution in [0.5, 0.6) is 11.5 Å². The van der Waals surface area contributed by atoms with Gasteiger partial charge in [-0.3, -0.25) is 0 Å². The second-order valence-corrected chi connectivity index (χ2v) is 9.78. The summed E-state index contributed by atoms with van der Waals surface area (Å²) < 4.78 is 11.0. The molecule has 3 unspecified atom stereocenters. The monoisotopic (exact) mass is 580 g/mol. The van der Waals surface area contributed by atoms with Crippen LogP contribution in [-0.4, -0.2) is 74.0 Å². The van der Waals surface area contributed by atoms with Gasteiger partial charge >= 0.3 is 11.9 Å². The van der Waals surface area contributed by atoms with Gasteiger partial charge in [0.15, 0.2) is 23.4 Å². The van der Waals surface area contributed by atoms with Crippen molar-refractivity contribution >= 4 is 35.5 Å². The van der Waals surface area contributed by atoms with E-state index in [9.17, 15) is 0 Å². The van der Waals surface area contributed by atoms with Gasteiger partial charge in [0.1, 0.15) is 25.7 Å². The third-order valence-electron chi connectivity index (χ3n) is 6.75. The van der Waals surface area contributed by atoms with E-state index < -0.39 is 23.9 Å². The molecule has 4 N–H and O–H groups in total. The van der Waals surface area contributed by atoms with Crippen molar-refractivity contribution in [3.05, 3.63) is 58.1 Å². The SMILES string of the molecule is COc1cc2c(cc1OC)C[NH+](C1CCC[NH+](Cc3ccc(Cl)cc3)C1)CC2.O=C([O-])C(=O)O.O=C([O-])C(=O)O. The van der Waals surface area contributed by atoms with Crippen LogP contribution < -0.4 is 29.5 Å². The molecule has 218 valence electrons. The van der Waals surface area contributed by atoms with Gasteiger partial charge in [-0.05, 0) is 29.8 Å². The molecule has 2 aliphatic rings. The molecule has 2 heterocycles. The lowest BCUT2D eigenvalue weighted by atomic mass is 9.95. The van der Waals surface area contributed by atoms with Crippen LogP contribution in [0.4, 0.5) is 0 Å². The Hall–Kier alpha value is -3.87. The fraction of sp³-hybridized carbons (Fsp3) is 0.407. The lowest BCUT2D eigenvalue weighted by Crippen LogP contribution is -3.24. The molecule has 0 bridgehead atoms. The van der Waals surface area contributed by atoms with Crippen LogP contribution in [0, 0.1) is 0 Å². The van der Waals surface area contributed by atoms with Crippen LogP contribution in [-0.2, 0) is 38.7 Å². The van der Waals surface area contributed by atoms with Crippen molar-refractivity contribution in [2.45, 2.75) is 38.4 Å². The van der Waals surface area contributed by atoms with Gasteiger partial charge < -0.3 is 49.3 Å². The van der Waals surface area contributed by atoms with Crippen LogP contribution >= 0.6 is 11.6 Å². The zero-order chi connectivity index (χ0) is 29.8. The number of halogens is 1. The second-order valence-electron chi connectivity index (χ2n) is 9.34. The average Bonchev–Trinajstić information content (AvgIpc) is 2.94. The van der Waals surface area contributed by atoms with E-state index in [-0.39, 0.29) is 0 Å². The second kappa shape index (κ2) is 15.7. The number of piperidine rings is 1. The van der Waals surface area contributed by atoms with Crippen molar-refractivity contribution in [2.75, 3.05) is 33.9 Å². The van der Waals surface area contributed by atoms with Crippen LogP contribution in [0.2, 0.25) is 5.02 Å². The number of ether oxygens (including phenoxy) is 2. The number of nitrogens with one attached hydrogen (secondary N) is 2. The van der Waals surface area contributed by atoms with Gasteiger partial charge in [-0.15, -0.1) is 0 Å². The number of carbonyl (C=O) groups excluding carboxylic acids is 2. The average molecular weight is 581 g/mol. The Balaban J connectivity index is 0.000000393. The van der Waals surface area contributed by atoms with E-state index >= 15 is 0 Å². The first-order chi connectivity index (χ1) is 18.9. The van der Waals surface area contributed by atoms with Gasteiger partial charge in [0, 0.05) is 35.4 Å². The largest absolute Gasteiger partial charge is 0.539 e. The van der Waals surface area contributed by atoms with Gasteiger partial charge in [-0.25, -0.2) is 9.59 Å². The van der Waals surface area contributed by atoms with Crippen LogP contribution in [0.3, 0.4) is 0 Å². The number of carboxylic acids is 4. The molecule has 0 aromatic heterocycles. The van der Waals surface area contributed by atoms with Gasteiger partial charge in [0.2, 0.25) is 0 Å². The van der Waals surface area contributed by atoms with Crippen LogP contribution in [0.1, 0.15) is 29.5 Å². The first-order valence-corrected chi connectivity index (χ1v) is 12.9. The molecule has 2 aromatic carbocycles. The predicted molar refractivity (Wildman–Crippen MR) is 137 cm³/mol. The van der Waals surface area contributed by atoms with E-state index in [4.69, 9.17) is 60.7 Å². The highest BCUT2D eigenvalue weighted by molar-refractivity contribution is 6.30. The molecular weight excluding hydrogens is 548 g/mol. The number of methoxy groups -OCH3 is 2. The Bertz CT molecular complexity index is 1140. The molecule has 13 heteroatoms. The molecule has 0 amide bonds. The molecule has 0 aliphatic carbocycles. The molecule has 40 heavy (non-hydrogen) atoms. The highest BCUT2D eigenvalue weighted by atomic mass is 35.5. The predicted octanol–water partition coefficient (Wildman–Crippen LogP) is -2.81. The standard InChI is InChI=1S/C23H29ClN2O2.2C2H2O4/c1-27-22-12-18-9-11-26(15-19(18)13-23(22)28-2)21-4-3-10-25(16-21)14-17-5-7-20(24)8-6-17;2*3-1(4)2(5)6/h5-8,12-13,21H,3-4,9-11,14-16H2,1-2H3;2*(H,3,4)(H,5,6). The van der Waals surface area contributed by atoms with Crippen molar-refractivity contribution in [1.29, 1.82) is 0 Å². The molecule has 1 fully saturated rings. The van der Waals surface area contributed by atoms with Crippen molar-refractivity contribution in [2.24, 2.45) is 0 Å². The van der Waals surface area contributed by atoms with Crippen molar-refractivity contribution in [3.63, 3.8) is 0 Å². The number of quaternary nitrogens is 2. The number of aliphatic carboxylic acids is 4. The van der Waals surface area contributed by atoms with E-state index in [0.717, 1.165) is 42.1 Å². The molecule has 0 spiro atoms. The first kappa shape index (κ1) is 32.3. The minimum absolute atomic E-state index is 0.734. The normalized spacial score (nSPS) is 19.3. The molecule has 4 rings (SSSR count). The maximum absolute atomic E-state index is 9.04. The number of rotatable bonds is 5. The Kier molecular flexibility index (Phi) is 12.7.